The molecule has 4 nitrogen and oxygen atoms in total. The molecule has 0 radical (unpaired) electrons. The van der Waals surface area contributed by atoms with Gasteiger partial charge < -0.3 is 9.47 Å². The number of morpholine rings is 1. The van der Waals surface area contributed by atoms with E-state index in [1.54, 1.807) is 0 Å². The maximum Gasteiger partial charge on any atom is 0.410 e. The molecule has 2 aliphatic heterocycles. The molecule has 2 fully saturated rings. The molecule has 0 saturated carbocycles. The molecule has 0 spiro atoms. The van der Waals surface area contributed by atoms with Crippen molar-refractivity contribution in [3.05, 3.63) is 0 Å². The lowest BCUT2D eigenvalue weighted by Crippen LogP contribution is -2.50. The number of hydrogen-bond donors (Lipinski definition) is 0. The molecule has 0 aromatic heterocycles. The summed E-state index contributed by atoms with van der Waals surface area (Å²) >= 11 is 0. The third kappa shape index (κ3) is 2.25. The molecular weight excluding hydrogens is 194 g/mol. The third-order valence-corrected chi connectivity index (χ3v) is 2.84. The van der Waals surface area contributed by atoms with Crippen LogP contribution in [0.5, 0.6) is 0 Å². The normalized spacial score (nSPS) is 30.5. The summed E-state index contributed by atoms with van der Waals surface area (Å²) in [7, 11) is 0. The zero-order chi connectivity index (χ0) is 11.1. The van der Waals surface area contributed by atoms with Gasteiger partial charge in [-0.2, -0.15) is 0 Å². The first kappa shape index (κ1) is 10.7. The molecule has 86 valence electrons. The number of nitrogens with zero attached hydrogens (tertiary/aromatic N) is 1. The Balaban J connectivity index is 2.01. The number of amides is 1. The van der Waals surface area contributed by atoms with Crippen LogP contribution in [0.4, 0.5) is 4.79 Å². The summed E-state index contributed by atoms with van der Waals surface area (Å²) in [5, 5.41) is 0. The Labute approximate surface area is 90.5 Å². The second-order valence-electron chi connectivity index (χ2n) is 5.31. The molecule has 15 heavy (non-hydrogen) atoms. The Morgan fingerprint density at radius 2 is 1.80 bits per heavy atom. The molecule has 2 rings (SSSR count). The zero-order valence-electron chi connectivity index (χ0n) is 9.66. The van der Waals surface area contributed by atoms with Crippen LogP contribution in [0.3, 0.4) is 0 Å². The molecule has 2 bridgehead atoms. The number of carbonyl (C=O) groups excluding carboxylic acids is 1. The Morgan fingerprint density at radius 1 is 1.27 bits per heavy atom. The van der Waals surface area contributed by atoms with Crippen LogP contribution in [-0.2, 0) is 9.47 Å². The smallest absolute Gasteiger partial charge is 0.410 e. The lowest BCUT2D eigenvalue weighted by molar-refractivity contribution is -0.0368. The largest absolute Gasteiger partial charge is 0.444 e. The SMILES string of the molecule is CC(C)(C)OC(=O)N1C2CCC1COC2. The van der Waals surface area contributed by atoms with Crippen molar-refractivity contribution in [3.8, 4) is 0 Å². The predicted octanol–water partition coefficient (Wildman–Crippen LogP) is 1.78. The first-order valence-electron chi connectivity index (χ1n) is 5.56. The highest BCUT2D eigenvalue weighted by Crippen LogP contribution is 2.30. The Morgan fingerprint density at radius 3 is 2.27 bits per heavy atom. The van der Waals surface area contributed by atoms with Gasteiger partial charge in [0.1, 0.15) is 5.60 Å². The van der Waals surface area contributed by atoms with E-state index < -0.39 is 5.60 Å². The van der Waals surface area contributed by atoms with E-state index in [1.165, 1.54) is 0 Å². The van der Waals surface area contributed by atoms with Gasteiger partial charge in [0.2, 0.25) is 0 Å². The second-order valence-corrected chi connectivity index (χ2v) is 5.31. The van der Waals surface area contributed by atoms with Crippen molar-refractivity contribution < 1.29 is 14.3 Å². The number of ether oxygens (including phenoxy) is 2. The monoisotopic (exact) mass is 213 g/mol. The summed E-state index contributed by atoms with van der Waals surface area (Å²) < 4.78 is 10.8. The fourth-order valence-electron chi connectivity index (χ4n) is 2.24. The van der Waals surface area contributed by atoms with Gasteiger partial charge in [0.25, 0.3) is 0 Å². The molecule has 0 aromatic carbocycles. The minimum atomic E-state index is -0.408. The summed E-state index contributed by atoms with van der Waals surface area (Å²) in [6, 6.07) is 0.470. The average Bonchev–Trinajstić information content (AvgIpc) is 2.34. The van der Waals surface area contributed by atoms with Crippen LogP contribution in [0.2, 0.25) is 0 Å². The molecule has 2 saturated heterocycles. The quantitative estimate of drug-likeness (QED) is 0.615. The molecule has 0 aliphatic carbocycles. The summed E-state index contributed by atoms with van der Waals surface area (Å²) in [6.45, 7) is 7.01. The second kappa shape index (κ2) is 3.67. The first-order chi connectivity index (χ1) is 6.97. The van der Waals surface area contributed by atoms with Crippen LogP contribution in [0.15, 0.2) is 0 Å². The van der Waals surface area contributed by atoms with Crippen LogP contribution < -0.4 is 0 Å². The van der Waals surface area contributed by atoms with Crippen molar-refractivity contribution in [2.24, 2.45) is 0 Å². The summed E-state index contributed by atoms with van der Waals surface area (Å²) in [5.41, 5.74) is -0.408. The first-order valence-corrected chi connectivity index (χ1v) is 5.56. The molecule has 2 atom stereocenters. The van der Waals surface area contributed by atoms with Crippen molar-refractivity contribution >= 4 is 6.09 Å². The fourth-order valence-corrected chi connectivity index (χ4v) is 2.24. The molecule has 1 amide bonds. The zero-order valence-corrected chi connectivity index (χ0v) is 9.66. The Kier molecular flexibility index (Phi) is 2.63. The van der Waals surface area contributed by atoms with Gasteiger partial charge in [-0.25, -0.2) is 4.79 Å². The standard InChI is InChI=1S/C11H19NO3/c1-11(2,3)15-10(13)12-8-4-5-9(12)7-14-6-8/h8-9H,4-7H2,1-3H3. The van der Waals surface area contributed by atoms with Crippen molar-refractivity contribution in [1.29, 1.82) is 0 Å². The highest BCUT2D eigenvalue weighted by Gasteiger charge is 2.42. The van der Waals surface area contributed by atoms with Crippen LogP contribution in [0.1, 0.15) is 33.6 Å². The molecule has 2 aliphatic rings. The Hall–Kier alpha value is -0.770. The van der Waals surface area contributed by atoms with E-state index in [-0.39, 0.29) is 18.2 Å². The Bertz CT molecular complexity index is 243. The number of fused-ring (bicyclic) bond motifs is 2. The highest BCUT2D eigenvalue weighted by molar-refractivity contribution is 5.69. The minimum absolute atomic E-state index is 0.182. The van der Waals surface area contributed by atoms with E-state index in [0.717, 1.165) is 12.8 Å². The van der Waals surface area contributed by atoms with Crippen LogP contribution in [0, 0.1) is 0 Å². The lowest BCUT2D eigenvalue weighted by Gasteiger charge is -2.35. The fraction of sp³-hybridized carbons (Fsp3) is 0.909. The molecule has 0 N–H and O–H groups in total. The predicted molar refractivity (Wildman–Crippen MR) is 55.7 cm³/mol. The van der Waals surface area contributed by atoms with Crippen LogP contribution in [0.25, 0.3) is 0 Å². The summed E-state index contributed by atoms with van der Waals surface area (Å²) in [6.07, 6.45) is 1.91. The van der Waals surface area contributed by atoms with E-state index in [1.807, 2.05) is 25.7 Å². The average molecular weight is 213 g/mol. The molecule has 0 aromatic rings. The van der Waals surface area contributed by atoms with Crippen molar-refractivity contribution in [2.75, 3.05) is 13.2 Å². The van der Waals surface area contributed by atoms with Gasteiger partial charge in [0.05, 0.1) is 25.3 Å². The summed E-state index contributed by atoms with van der Waals surface area (Å²) in [5.74, 6) is 0. The van der Waals surface area contributed by atoms with Crippen LogP contribution >= 0.6 is 0 Å². The molecule has 2 unspecified atom stereocenters. The van der Waals surface area contributed by atoms with Gasteiger partial charge in [-0.3, -0.25) is 4.90 Å². The van der Waals surface area contributed by atoms with Gasteiger partial charge in [-0.05, 0) is 33.6 Å². The highest BCUT2D eigenvalue weighted by atomic mass is 16.6. The van der Waals surface area contributed by atoms with Gasteiger partial charge in [0.15, 0.2) is 0 Å². The van der Waals surface area contributed by atoms with E-state index in [4.69, 9.17) is 9.47 Å². The van der Waals surface area contributed by atoms with E-state index >= 15 is 0 Å². The number of carbonyl (C=O) groups is 1. The molecular formula is C11H19NO3. The van der Waals surface area contributed by atoms with Gasteiger partial charge in [-0.15, -0.1) is 0 Å². The van der Waals surface area contributed by atoms with E-state index in [2.05, 4.69) is 0 Å². The topological polar surface area (TPSA) is 38.8 Å². The maximum atomic E-state index is 11.9. The third-order valence-electron chi connectivity index (χ3n) is 2.84. The van der Waals surface area contributed by atoms with E-state index in [0.29, 0.717) is 13.2 Å². The van der Waals surface area contributed by atoms with Crippen molar-refractivity contribution in [3.63, 3.8) is 0 Å². The van der Waals surface area contributed by atoms with Gasteiger partial charge in [-0.1, -0.05) is 0 Å². The summed E-state index contributed by atoms with van der Waals surface area (Å²) in [4.78, 5) is 13.8. The van der Waals surface area contributed by atoms with Crippen molar-refractivity contribution in [2.45, 2.75) is 51.3 Å². The van der Waals surface area contributed by atoms with E-state index in [9.17, 15) is 4.79 Å². The number of rotatable bonds is 0. The maximum absolute atomic E-state index is 11.9. The number of hydrogen-bond acceptors (Lipinski definition) is 3. The molecule has 4 heteroatoms. The van der Waals surface area contributed by atoms with Crippen molar-refractivity contribution in [1.82, 2.24) is 4.90 Å². The minimum Gasteiger partial charge on any atom is -0.444 e. The lowest BCUT2D eigenvalue weighted by atomic mass is 10.2. The van der Waals surface area contributed by atoms with Gasteiger partial charge >= 0.3 is 6.09 Å². The molecule has 2 heterocycles. The van der Waals surface area contributed by atoms with Gasteiger partial charge in [0, 0.05) is 0 Å². The van der Waals surface area contributed by atoms with Crippen LogP contribution in [-0.4, -0.2) is 41.9 Å².